The van der Waals surface area contributed by atoms with Crippen molar-refractivity contribution in [1.29, 1.82) is 0 Å². The number of aryl methyl sites for hydroxylation is 1. The molecule has 0 radical (unpaired) electrons. The lowest BCUT2D eigenvalue weighted by molar-refractivity contribution is 0.595. The summed E-state index contributed by atoms with van der Waals surface area (Å²) in [5.41, 5.74) is 7.12. The van der Waals surface area contributed by atoms with E-state index in [4.69, 9.17) is 0 Å². The molecule has 3 aromatic rings. The molecule has 1 atom stereocenters. The molecule has 1 unspecified atom stereocenters. The molecular formula is C25H26N2O2. The summed E-state index contributed by atoms with van der Waals surface area (Å²) in [7, 11) is 0. The van der Waals surface area contributed by atoms with Gasteiger partial charge in [-0.1, -0.05) is 54.6 Å². The van der Waals surface area contributed by atoms with Gasteiger partial charge >= 0.3 is 5.69 Å². The van der Waals surface area contributed by atoms with E-state index in [0.29, 0.717) is 12.0 Å². The fraction of sp³-hybridized carbons (Fsp3) is 0.280. The number of hydrogen-bond acceptors (Lipinski definition) is 2. The predicted molar refractivity (Wildman–Crippen MR) is 117 cm³/mol. The Morgan fingerprint density at radius 3 is 2.48 bits per heavy atom. The minimum absolute atomic E-state index is 0.151. The fourth-order valence-electron chi connectivity index (χ4n) is 4.29. The normalized spacial score (nSPS) is 16.5. The minimum atomic E-state index is -0.425. The highest BCUT2D eigenvalue weighted by Crippen LogP contribution is 2.37. The van der Waals surface area contributed by atoms with Crippen molar-refractivity contribution in [3.05, 3.63) is 109 Å². The first-order chi connectivity index (χ1) is 14.0. The highest BCUT2D eigenvalue weighted by molar-refractivity contribution is 5.70. The summed E-state index contributed by atoms with van der Waals surface area (Å²) in [6.07, 6.45) is 5.48. The number of nitrogens with one attached hydrogen (secondary N) is 2. The molecule has 4 nitrogen and oxygen atoms in total. The molecule has 1 aliphatic rings. The molecule has 0 aliphatic heterocycles. The van der Waals surface area contributed by atoms with Crippen LogP contribution in [0.4, 0.5) is 0 Å². The van der Waals surface area contributed by atoms with Crippen molar-refractivity contribution in [2.45, 2.75) is 45.4 Å². The first-order valence-electron chi connectivity index (χ1n) is 10.2. The smallest absolute Gasteiger partial charge is 0.311 e. The first kappa shape index (κ1) is 19.2. The maximum atomic E-state index is 12.6. The SMILES string of the molecule is Cc1cccc(C2=CCC(c3[nH]c(=O)[nH]c(=O)c3Cc3ccccc3)CC2)c1C. The maximum absolute atomic E-state index is 12.6. The van der Waals surface area contributed by atoms with E-state index >= 15 is 0 Å². The van der Waals surface area contributed by atoms with Gasteiger partial charge in [0.15, 0.2) is 0 Å². The van der Waals surface area contributed by atoms with E-state index in [-0.39, 0.29) is 11.5 Å². The van der Waals surface area contributed by atoms with Crippen molar-refractivity contribution >= 4 is 5.57 Å². The molecule has 4 rings (SSSR count). The topological polar surface area (TPSA) is 65.7 Å². The van der Waals surface area contributed by atoms with Crippen LogP contribution in [0.2, 0.25) is 0 Å². The van der Waals surface area contributed by atoms with Gasteiger partial charge in [0.25, 0.3) is 5.56 Å². The highest BCUT2D eigenvalue weighted by Gasteiger charge is 2.23. The largest absolute Gasteiger partial charge is 0.325 e. The van der Waals surface area contributed by atoms with E-state index in [1.807, 2.05) is 30.3 Å². The molecule has 148 valence electrons. The summed E-state index contributed by atoms with van der Waals surface area (Å²) in [6, 6.07) is 16.3. The second kappa shape index (κ2) is 8.08. The lowest BCUT2D eigenvalue weighted by Crippen LogP contribution is -2.30. The van der Waals surface area contributed by atoms with Crippen LogP contribution in [-0.4, -0.2) is 9.97 Å². The van der Waals surface area contributed by atoms with Crippen LogP contribution in [0.15, 0.2) is 64.2 Å². The summed E-state index contributed by atoms with van der Waals surface area (Å²) in [6.45, 7) is 4.31. The molecule has 0 saturated carbocycles. The Morgan fingerprint density at radius 2 is 1.76 bits per heavy atom. The lowest BCUT2D eigenvalue weighted by Gasteiger charge is -2.25. The van der Waals surface area contributed by atoms with Crippen LogP contribution in [0.3, 0.4) is 0 Å². The summed E-state index contributed by atoms with van der Waals surface area (Å²) in [5, 5.41) is 0. The van der Waals surface area contributed by atoms with Crippen molar-refractivity contribution in [2.75, 3.05) is 0 Å². The molecule has 0 saturated heterocycles. The molecule has 1 aromatic heterocycles. The van der Waals surface area contributed by atoms with E-state index in [1.165, 1.54) is 22.3 Å². The van der Waals surface area contributed by atoms with Crippen LogP contribution in [0.25, 0.3) is 5.57 Å². The third-order valence-corrected chi connectivity index (χ3v) is 6.07. The van der Waals surface area contributed by atoms with Gasteiger partial charge in [-0.05, 0) is 60.9 Å². The van der Waals surface area contributed by atoms with E-state index in [2.05, 4.69) is 48.1 Å². The molecule has 1 aliphatic carbocycles. The van der Waals surface area contributed by atoms with Gasteiger partial charge in [-0.25, -0.2) is 4.79 Å². The van der Waals surface area contributed by atoms with E-state index in [0.717, 1.165) is 30.5 Å². The van der Waals surface area contributed by atoms with Gasteiger partial charge in [0.05, 0.1) is 0 Å². The Kier molecular flexibility index (Phi) is 5.34. The molecule has 0 bridgehead atoms. The summed E-state index contributed by atoms with van der Waals surface area (Å²) in [4.78, 5) is 29.9. The number of H-pyrrole nitrogens is 2. The second-order valence-electron chi connectivity index (χ2n) is 7.91. The van der Waals surface area contributed by atoms with E-state index in [1.54, 1.807) is 0 Å². The summed E-state index contributed by atoms with van der Waals surface area (Å²) >= 11 is 0. The van der Waals surface area contributed by atoms with Gasteiger partial charge in [-0.3, -0.25) is 9.78 Å². The molecule has 0 fully saturated rings. The lowest BCUT2D eigenvalue weighted by atomic mass is 9.81. The Hall–Kier alpha value is -3.14. The second-order valence-corrected chi connectivity index (χ2v) is 7.91. The Morgan fingerprint density at radius 1 is 0.966 bits per heavy atom. The number of rotatable bonds is 4. The highest BCUT2D eigenvalue weighted by atomic mass is 16.2. The molecular weight excluding hydrogens is 360 g/mol. The zero-order chi connectivity index (χ0) is 20.4. The Bertz CT molecular complexity index is 1170. The fourth-order valence-corrected chi connectivity index (χ4v) is 4.29. The average molecular weight is 386 g/mol. The Labute approximate surface area is 170 Å². The zero-order valence-electron chi connectivity index (χ0n) is 16.9. The van der Waals surface area contributed by atoms with Gasteiger partial charge in [0.2, 0.25) is 0 Å². The van der Waals surface area contributed by atoms with Crippen LogP contribution >= 0.6 is 0 Å². The van der Waals surface area contributed by atoms with E-state index < -0.39 is 5.69 Å². The van der Waals surface area contributed by atoms with Crippen molar-refractivity contribution in [1.82, 2.24) is 9.97 Å². The van der Waals surface area contributed by atoms with Gasteiger partial charge in [-0.15, -0.1) is 0 Å². The van der Waals surface area contributed by atoms with Crippen LogP contribution in [0, 0.1) is 13.8 Å². The maximum Gasteiger partial charge on any atom is 0.325 e. The van der Waals surface area contributed by atoms with Gasteiger partial charge in [-0.2, -0.15) is 0 Å². The molecule has 4 heteroatoms. The molecule has 2 aromatic carbocycles. The van der Waals surface area contributed by atoms with Crippen LogP contribution in [-0.2, 0) is 6.42 Å². The molecule has 29 heavy (non-hydrogen) atoms. The van der Waals surface area contributed by atoms with Crippen molar-refractivity contribution in [3.63, 3.8) is 0 Å². The zero-order valence-corrected chi connectivity index (χ0v) is 16.9. The van der Waals surface area contributed by atoms with Gasteiger partial charge in [0, 0.05) is 23.6 Å². The van der Waals surface area contributed by atoms with Crippen LogP contribution < -0.4 is 11.2 Å². The minimum Gasteiger partial charge on any atom is -0.311 e. The number of aromatic nitrogens is 2. The van der Waals surface area contributed by atoms with Crippen molar-refractivity contribution in [3.8, 4) is 0 Å². The quantitative estimate of drug-likeness (QED) is 0.687. The van der Waals surface area contributed by atoms with E-state index in [9.17, 15) is 9.59 Å². The third-order valence-electron chi connectivity index (χ3n) is 6.07. The summed E-state index contributed by atoms with van der Waals surface area (Å²) < 4.78 is 0. The van der Waals surface area contributed by atoms with Crippen LogP contribution in [0.1, 0.15) is 58.7 Å². The monoisotopic (exact) mass is 386 g/mol. The number of benzene rings is 2. The summed E-state index contributed by atoms with van der Waals surface area (Å²) in [5.74, 6) is 0.151. The number of hydrogen-bond donors (Lipinski definition) is 2. The number of aromatic amines is 2. The first-order valence-corrected chi connectivity index (χ1v) is 10.2. The molecule has 1 heterocycles. The van der Waals surface area contributed by atoms with Crippen LogP contribution in [0.5, 0.6) is 0 Å². The third kappa shape index (κ3) is 4.02. The van der Waals surface area contributed by atoms with Gasteiger partial charge < -0.3 is 4.98 Å². The standard InChI is InChI=1S/C25H26N2O2/c1-16-7-6-10-21(17(16)2)19-11-13-20(14-12-19)23-22(24(28)27-25(29)26-23)15-18-8-4-3-5-9-18/h3-11,20H,12-15H2,1-2H3,(H2,26,27,28,29). The predicted octanol–water partition coefficient (Wildman–Crippen LogP) is 4.62. The molecule has 0 spiro atoms. The molecule has 2 N–H and O–H groups in total. The Balaban J connectivity index is 1.66. The van der Waals surface area contributed by atoms with Crippen molar-refractivity contribution < 1.29 is 0 Å². The average Bonchev–Trinajstić information content (AvgIpc) is 2.73. The number of allylic oxidation sites excluding steroid dienone is 2. The van der Waals surface area contributed by atoms with Gasteiger partial charge in [0.1, 0.15) is 0 Å². The van der Waals surface area contributed by atoms with Crippen molar-refractivity contribution in [2.24, 2.45) is 0 Å². The molecule has 0 amide bonds.